The van der Waals surface area contributed by atoms with Crippen molar-refractivity contribution in [2.75, 3.05) is 38.7 Å². The van der Waals surface area contributed by atoms with E-state index < -0.39 is 0 Å². The van der Waals surface area contributed by atoms with Gasteiger partial charge in [-0.1, -0.05) is 0 Å². The van der Waals surface area contributed by atoms with Crippen LogP contribution in [0.3, 0.4) is 0 Å². The van der Waals surface area contributed by atoms with Crippen molar-refractivity contribution in [2.24, 2.45) is 5.92 Å². The summed E-state index contributed by atoms with van der Waals surface area (Å²) in [7, 11) is 1.65. The Morgan fingerprint density at radius 3 is 3.07 bits per heavy atom. The summed E-state index contributed by atoms with van der Waals surface area (Å²) >= 11 is 0. The minimum atomic E-state index is -0.162. The molecule has 1 saturated heterocycles. The molecule has 1 fully saturated rings. The van der Waals surface area contributed by atoms with E-state index in [0.29, 0.717) is 30.5 Å². The molecule has 27 heavy (non-hydrogen) atoms. The van der Waals surface area contributed by atoms with Gasteiger partial charge in [0.05, 0.1) is 12.8 Å². The molecule has 2 aliphatic rings. The summed E-state index contributed by atoms with van der Waals surface area (Å²) < 4.78 is 25.4. The van der Waals surface area contributed by atoms with Gasteiger partial charge in [0, 0.05) is 43.0 Å². The molecule has 0 aliphatic carbocycles. The molecule has 0 radical (unpaired) electrons. The lowest BCUT2D eigenvalue weighted by Gasteiger charge is -2.22. The van der Waals surface area contributed by atoms with E-state index >= 15 is 0 Å². The summed E-state index contributed by atoms with van der Waals surface area (Å²) in [4.78, 5) is 6.68. The molecule has 0 bridgehead atoms. The predicted octanol–water partition coefficient (Wildman–Crippen LogP) is 3.41. The fourth-order valence-corrected chi connectivity index (χ4v) is 4.05. The number of hydrogen-bond acceptors (Lipinski definition) is 5. The van der Waals surface area contributed by atoms with Crippen LogP contribution in [0.1, 0.15) is 23.2 Å². The Hall–Kier alpha value is -2.34. The number of hydrogen-bond donors (Lipinski definition) is 1. The highest BCUT2D eigenvalue weighted by Crippen LogP contribution is 2.32. The topological polar surface area (TPSA) is 46.6 Å². The molecule has 4 rings (SSSR count). The van der Waals surface area contributed by atoms with E-state index in [4.69, 9.17) is 9.47 Å². The number of benzene rings is 1. The first-order valence-corrected chi connectivity index (χ1v) is 9.53. The van der Waals surface area contributed by atoms with Crippen molar-refractivity contribution in [3.05, 3.63) is 46.9 Å². The smallest absolute Gasteiger partial charge is 0.213 e. The van der Waals surface area contributed by atoms with E-state index in [1.54, 1.807) is 13.2 Å². The van der Waals surface area contributed by atoms with Crippen LogP contribution < -0.4 is 14.8 Å². The van der Waals surface area contributed by atoms with E-state index in [1.165, 1.54) is 5.56 Å². The van der Waals surface area contributed by atoms with Gasteiger partial charge in [0.15, 0.2) is 0 Å². The second-order valence-electron chi connectivity index (χ2n) is 7.47. The third kappa shape index (κ3) is 4.16. The largest absolute Gasteiger partial charge is 0.490 e. The summed E-state index contributed by atoms with van der Waals surface area (Å²) in [6.07, 6.45) is 2.12. The highest BCUT2D eigenvalue weighted by atomic mass is 19.1. The summed E-state index contributed by atoms with van der Waals surface area (Å²) in [6, 6.07) is 7.55. The number of pyridine rings is 1. The summed E-state index contributed by atoms with van der Waals surface area (Å²) in [5.41, 5.74) is 3.69. The number of rotatable bonds is 5. The zero-order chi connectivity index (χ0) is 18.8. The van der Waals surface area contributed by atoms with Gasteiger partial charge in [-0.2, -0.15) is 0 Å². The van der Waals surface area contributed by atoms with Gasteiger partial charge in [-0.25, -0.2) is 9.37 Å². The minimum absolute atomic E-state index is 0.162. The number of nitrogens with one attached hydrogen (secondary N) is 1. The quantitative estimate of drug-likeness (QED) is 0.873. The molecule has 2 aliphatic heterocycles. The van der Waals surface area contributed by atoms with E-state index in [1.807, 2.05) is 19.1 Å². The second-order valence-corrected chi connectivity index (χ2v) is 7.47. The minimum Gasteiger partial charge on any atom is -0.490 e. The van der Waals surface area contributed by atoms with Crippen molar-refractivity contribution in [1.82, 2.24) is 9.88 Å². The van der Waals surface area contributed by atoms with Gasteiger partial charge in [-0.05, 0) is 49.9 Å². The highest BCUT2D eigenvalue weighted by molar-refractivity contribution is 5.59. The number of aryl methyl sites for hydroxylation is 1. The molecule has 1 aromatic heterocycles. The second kappa shape index (κ2) is 7.72. The molecule has 0 amide bonds. The van der Waals surface area contributed by atoms with Crippen molar-refractivity contribution in [1.29, 1.82) is 0 Å². The van der Waals surface area contributed by atoms with Gasteiger partial charge in [0.25, 0.3) is 0 Å². The summed E-state index contributed by atoms with van der Waals surface area (Å²) in [6.45, 7) is 5.92. The normalized spacial score (nSPS) is 19.3. The average molecular weight is 371 g/mol. The van der Waals surface area contributed by atoms with Gasteiger partial charge in [-0.3, -0.25) is 4.90 Å². The predicted molar refractivity (Wildman–Crippen MR) is 103 cm³/mol. The van der Waals surface area contributed by atoms with Gasteiger partial charge in [0.1, 0.15) is 18.2 Å². The van der Waals surface area contributed by atoms with Gasteiger partial charge >= 0.3 is 0 Å². The Morgan fingerprint density at radius 2 is 2.22 bits per heavy atom. The number of nitrogens with zero attached hydrogens (tertiary/aromatic N) is 2. The fraction of sp³-hybridized carbons (Fsp3) is 0.476. The molecule has 2 aromatic rings. The summed E-state index contributed by atoms with van der Waals surface area (Å²) in [5.74, 6) is 1.83. The van der Waals surface area contributed by atoms with Crippen LogP contribution >= 0.6 is 0 Å². The zero-order valence-electron chi connectivity index (χ0n) is 15.9. The molecule has 1 atom stereocenters. The molecule has 0 spiro atoms. The first-order chi connectivity index (χ1) is 13.1. The third-order valence-electron chi connectivity index (χ3n) is 5.31. The van der Waals surface area contributed by atoms with Crippen LogP contribution in [0, 0.1) is 18.7 Å². The standard InChI is InChI=1S/C21H26FN3O2/c1-14-7-16(9-21(24-14)26-2)8-15-3-5-25(12-15)13-17-10-20-19(11-18(17)22)23-4-6-27-20/h7,9-11,15,23H,3-6,8,12-13H2,1-2H3/t15-/m1/s1. The van der Waals surface area contributed by atoms with Crippen LogP contribution in [0.15, 0.2) is 24.3 Å². The first kappa shape index (κ1) is 18.0. The molecule has 0 saturated carbocycles. The Labute approximate surface area is 159 Å². The maximum Gasteiger partial charge on any atom is 0.213 e. The van der Waals surface area contributed by atoms with Crippen LogP contribution in [-0.2, 0) is 13.0 Å². The summed E-state index contributed by atoms with van der Waals surface area (Å²) in [5, 5.41) is 3.18. The number of anilines is 1. The Morgan fingerprint density at radius 1 is 1.33 bits per heavy atom. The SMILES string of the molecule is COc1cc(C[C@H]2CCN(Cc3cc4c(cc3F)NCCO4)C2)cc(C)n1. The molecule has 3 heterocycles. The molecule has 5 nitrogen and oxygen atoms in total. The number of methoxy groups -OCH3 is 1. The van der Waals surface area contributed by atoms with Crippen molar-refractivity contribution in [3.8, 4) is 11.6 Å². The van der Waals surface area contributed by atoms with Gasteiger partial charge < -0.3 is 14.8 Å². The lowest BCUT2D eigenvalue weighted by molar-refractivity contribution is 0.304. The number of likely N-dealkylation sites (tertiary alicyclic amines) is 1. The molecule has 1 aromatic carbocycles. The van der Waals surface area contributed by atoms with E-state index in [-0.39, 0.29) is 5.82 Å². The maximum absolute atomic E-state index is 14.5. The number of halogens is 1. The van der Waals surface area contributed by atoms with Crippen molar-refractivity contribution >= 4 is 5.69 Å². The average Bonchev–Trinajstić information content (AvgIpc) is 3.08. The molecular formula is C21H26FN3O2. The highest BCUT2D eigenvalue weighted by Gasteiger charge is 2.24. The Bertz CT molecular complexity index is 827. The molecule has 144 valence electrons. The van der Waals surface area contributed by atoms with Gasteiger partial charge in [0.2, 0.25) is 5.88 Å². The van der Waals surface area contributed by atoms with Crippen molar-refractivity contribution < 1.29 is 13.9 Å². The molecule has 0 unspecified atom stereocenters. The van der Waals surface area contributed by atoms with E-state index in [9.17, 15) is 4.39 Å². The molecule has 6 heteroatoms. The first-order valence-electron chi connectivity index (χ1n) is 9.53. The maximum atomic E-state index is 14.5. The van der Waals surface area contributed by atoms with Crippen LogP contribution in [0.2, 0.25) is 0 Å². The number of aromatic nitrogens is 1. The van der Waals surface area contributed by atoms with E-state index in [0.717, 1.165) is 49.6 Å². The van der Waals surface area contributed by atoms with Crippen LogP contribution in [0.4, 0.5) is 10.1 Å². The van der Waals surface area contributed by atoms with E-state index in [2.05, 4.69) is 21.3 Å². The lowest BCUT2D eigenvalue weighted by atomic mass is 9.99. The van der Waals surface area contributed by atoms with Crippen LogP contribution in [0.25, 0.3) is 0 Å². The van der Waals surface area contributed by atoms with Crippen LogP contribution in [0.5, 0.6) is 11.6 Å². The lowest BCUT2D eigenvalue weighted by Crippen LogP contribution is -2.22. The third-order valence-corrected chi connectivity index (χ3v) is 5.31. The zero-order valence-corrected chi connectivity index (χ0v) is 15.9. The van der Waals surface area contributed by atoms with Gasteiger partial charge in [-0.15, -0.1) is 0 Å². The molecular weight excluding hydrogens is 345 g/mol. The Balaban J connectivity index is 1.39. The molecule has 1 N–H and O–H groups in total. The fourth-order valence-electron chi connectivity index (χ4n) is 4.05. The number of ether oxygens (including phenoxy) is 2. The van der Waals surface area contributed by atoms with Crippen molar-refractivity contribution in [2.45, 2.75) is 26.3 Å². The van der Waals surface area contributed by atoms with Crippen molar-refractivity contribution in [3.63, 3.8) is 0 Å². The van der Waals surface area contributed by atoms with Crippen LogP contribution in [-0.4, -0.2) is 43.2 Å². The monoisotopic (exact) mass is 371 g/mol. The number of fused-ring (bicyclic) bond motifs is 1. The Kier molecular flexibility index (Phi) is 5.16.